The molecule has 1 rings (SSSR count). The molecule has 0 heterocycles. The van der Waals surface area contributed by atoms with Gasteiger partial charge in [0.05, 0.1) is 12.5 Å². The predicted octanol–water partition coefficient (Wildman–Crippen LogP) is 1.20. The van der Waals surface area contributed by atoms with Crippen LogP contribution in [0.1, 0.15) is 41.8 Å². The second kappa shape index (κ2) is 7.26. The fourth-order valence-corrected chi connectivity index (χ4v) is 2.21. The minimum atomic E-state index is -1.75. The number of hydrogen-bond donors (Lipinski definition) is 0. The lowest BCUT2D eigenvalue weighted by atomic mass is 9.89. The molecule has 0 aliphatic heterocycles. The summed E-state index contributed by atoms with van der Waals surface area (Å²) in [6.45, 7) is 7.14. The van der Waals surface area contributed by atoms with Gasteiger partial charge in [0.25, 0.3) is 0 Å². The average Bonchev–Trinajstić information content (AvgIpc) is 2.51. The van der Waals surface area contributed by atoms with Gasteiger partial charge >= 0.3 is 5.97 Å². The van der Waals surface area contributed by atoms with E-state index in [2.05, 4.69) is 0 Å². The number of carboxylic acid groups (broad SMARTS) is 1. The number of carboxylic acids is 1. The van der Waals surface area contributed by atoms with Gasteiger partial charge in [-0.25, -0.2) is 0 Å². The lowest BCUT2D eigenvalue weighted by molar-refractivity contribution is -0.296. The van der Waals surface area contributed by atoms with Crippen LogP contribution in [0.4, 0.5) is 0 Å². The Morgan fingerprint density at radius 1 is 1.17 bits per heavy atom. The van der Waals surface area contributed by atoms with Crippen molar-refractivity contribution >= 4 is 17.7 Å². The number of ether oxygens (including phenoxy) is 2. The molecule has 0 saturated heterocycles. The summed E-state index contributed by atoms with van der Waals surface area (Å²) in [4.78, 5) is 34.0. The lowest BCUT2D eigenvalue weighted by Crippen LogP contribution is -2.35. The molecule has 1 atom stereocenters. The Bertz CT molecular complexity index is 611. The van der Waals surface area contributed by atoms with Gasteiger partial charge in [-0.2, -0.15) is 0 Å². The highest BCUT2D eigenvalue weighted by molar-refractivity contribution is 6.39. The van der Waals surface area contributed by atoms with Crippen molar-refractivity contribution in [1.82, 2.24) is 0 Å². The van der Waals surface area contributed by atoms with Gasteiger partial charge in [0.15, 0.2) is 0 Å². The maximum Gasteiger partial charge on any atom is 0.314 e. The van der Waals surface area contributed by atoms with Crippen LogP contribution in [-0.2, 0) is 14.3 Å². The van der Waals surface area contributed by atoms with E-state index < -0.39 is 17.2 Å². The Kier molecular flexibility index (Phi) is 5.90. The molecule has 0 saturated carbocycles. The van der Waals surface area contributed by atoms with E-state index in [1.54, 1.807) is 20.8 Å². The lowest BCUT2D eigenvalue weighted by Gasteiger charge is -2.26. The normalized spacial score (nSPS) is 13.1. The third kappa shape index (κ3) is 4.09. The molecule has 126 valence electrons. The summed E-state index contributed by atoms with van der Waals surface area (Å²) < 4.78 is 10.6. The first-order chi connectivity index (χ1) is 10.7. The van der Waals surface area contributed by atoms with Gasteiger partial charge in [-0.05, 0) is 50.5 Å². The first-order valence-corrected chi connectivity index (χ1v) is 7.24. The molecule has 0 radical (unpaired) electrons. The molecule has 0 aliphatic carbocycles. The summed E-state index contributed by atoms with van der Waals surface area (Å²) in [7, 11) is 1.33. The van der Waals surface area contributed by atoms with Crippen LogP contribution >= 0.6 is 0 Å². The number of carbonyl (C=O) groups is 3. The van der Waals surface area contributed by atoms with Crippen LogP contribution in [0, 0.1) is 19.3 Å². The van der Waals surface area contributed by atoms with Gasteiger partial charge < -0.3 is 19.4 Å². The van der Waals surface area contributed by atoms with E-state index in [-0.39, 0.29) is 18.1 Å². The molecular formula is C17H21O6-. The molecule has 23 heavy (non-hydrogen) atoms. The smallest absolute Gasteiger partial charge is 0.314 e. The SMILES string of the molecule is CCC(C)(COc1c(C)cc(C(=O)C(=O)[O-])cc1C)C(=O)OC. The number of esters is 1. The van der Waals surface area contributed by atoms with E-state index in [4.69, 9.17) is 9.47 Å². The van der Waals surface area contributed by atoms with Crippen molar-refractivity contribution in [3.05, 3.63) is 28.8 Å². The summed E-state index contributed by atoms with van der Waals surface area (Å²) in [5.74, 6) is -2.67. The van der Waals surface area contributed by atoms with Gasteiger partial charge in [0, 0.05) is 5.56 Å². The largest absolute Gasteiger partial charge is 0.541 e. The third-order valence-electron chi connectivity index (χ3n) is 3.90. The zero-order valence-corrected chi connectivity index (χ0v) is 14.0. The van der Waals surface area contributed by atoms with Crippen LogP contribution in [-0.4, -0.2) is 31.4 Å². The highest BCUT2D eigenvalue weighted by Gasteiger charge is 2.33. The number of aliphatic carboxylic acids is 1. The van der Waals surface area contributed by atoms with E-state index in [0.717, 1.165) is 0 Å². The number of ketones is 1. The van der Waals surface area contributed by atoms with Crippen molar-refractivity contribution in [3.63, 3.8) is 0 Å². The number of rotatable bonds is 7. The van der Waals surface area contributed by atoms with E-state index in [0.29, 0.717) is 23.3 Å². The maximum atomic E-state index is 11.9. The molecule has 0 aromatic heterocycles. The average molecular weight is 321 g/mol. The summed E-state index contributed by atoms with van der Waals surface area (Å²) in [5.41, 5.74) is 0.474. The number of Topliss-reactive ketones (excluding diaryl/α,β-unsaturated/α-hetero) is 1. The van der Waals surface area contributed by atoms with Gasteiger partial charge in [0.1, 0.15) is 18.3 Å². The van der Waals surface area contributed by atoms with Crippen LogP contribution in [0.15, 0.2) is 12.1 Å². The van der Waals surface area contributed by atoms with E-state index in [1.165, 1.54) is 19.2 Å². The Balaban J connectivity index is 3.05. The van der Waals surface area contributed by atoms with Crippen molar-refractivity contribution in [2.75, 3.05) is 13.7 Å². The minimum Gasteiger partial charge on any atom is -0.541 e. The standard InChI is InChI=1S/C17H22O6/c1-6-17(4,16(21)22-5)9-23-14-10(2)7-12(8-11(14)3)13(18)15(19)20/h7-8H,6,9H2,1-5H3,(H,19,20)/p-1. The third-order valence-corrected chi connectivity index (χ3v) is 3.90. The Hall–Kier alpha value is -2.37. The first kappa shape index (κ1) is 18.7. The van der Waals surface area contributed by atoms with E-state index >= 15 is 0 Å². The van der Waals surface area contributed by atoms with Crippen molar-refractivity contribution in [1.29, 1.82) is 0 Å². The second-order valence-electron chi connectivity index (χ2n) is 5.75. The van der Waals surface area contributed by atoms with Crippen LogP contribution in [0.5, 0.6) is 5.75 Å². The highest BCUT2D eigenvalue weighted by Crippen LogP contribution is 2.29. The summed E-state index contributed by atoms with van der Waals surface area (Å²) >= 11 is 0. The number of hydrogen-bond acceptors (Lipinski definition) is 6. The molecule has 1 unspecified atom stereocenters. The molecule has 6 heteroatoms. The van der Waals surface area contributed by atoms with Crippen molar-refractivity contribution < 1.29 is 29.0 Å². The Morgan fingerprint density at radius 3 is 2.09 bits per heavy atom. The molecule has 0 spiro atoms. The van der Waals surface area contributed by atoms with Gasteiger partial charge in [-0.1, -0.05) is 6.92 Å². The second-order valence-corrected chi connectivity index (χ2v) is 5.75. The van der Waals surface area contributed by atoms with E-state index in [9.17, 15) is 19.5 Å². The van der Waals surface area contributed by atoms with Crippen LogP contribution < -0.4 is 9.84 Å². The molecule has 0 amide bonds. The van der Waals surface area contributed by atoms with Crippen LogP contribution in [0.25, 0.3) is 0 Å². The van der Waals surface area contributed by atoms with Crippen molar-refractivity contribution in [2.45, 2.75) is 34.1 Å². The number of methoxy groups -OCH3 is 1. The number of aryl methyl sites for hydroxylation is 2. The molecule has 0 fully saturated rings. The zero-order valence-electron chi connectivity index (χ0n) is 14.0. The van der Waals surface area contributed by atoms with Crippen molar-refractivity contribution in [2.24, 2.45) is 5.41 Å². The molecular weight excluding hydrogens is 300 g/mol. The number of carbonyl (C=O) groups excluding carboxylic acids is 3. The topological polar surface area (TPSA) is 92.7 Å². The van der Waals surface area contributed by atoms with E-state index in [1.807, 2.05) is 6.92 Å². The molecule has 6 nitrogen and oxygen atoms in total. The molecule has 0 N–H and O–H groups in total. The monoisotopic (exact) mass is 321 g/mol. The van der Waals surface area contributed by atoms with Gasteiger partial charge in [0.2, 0.25) is 5.78 Å². The van der Waals surface area contributed by atoms with Crippen LogP contribution in [0.2, 0.25) is 0 Å². The Morgan fingerprint density at radius 2 is 1.70 bits per heavy atom. The molecule has 0 bridgehead atoms. The molecule has 1 aromatic carbocycles. The molecule has 0 aliphatic rings. The Labute approximate surface area is 135 Å². The van der Waals surface area contributed by atoms with Gasteiger partial charge in [-0.3, -0.25) is 9.59 Å². The first-order valence-electron chi connectivity index (χ1n) is 7.24. The quantitative estimate of drug-likeness (QED) is 0.426. The predicted molar refractivity (Wildman–Crippen MR) is 81.2 cm³/mol. The summed E-state index contributed by atoms with van der Waals surface area (Å²) in [5, 5.41) is 10.7. The molecule has 1 aromatic rings. The summed E-state index contributed by atoms with van der Waals surface area (Å²) in [6, 6.07) is 2.86. The minimum absolute atomic E-state index is 0.0403. The fraction of sp³-hybridized carbons (Fsp3) is 0.471. The fourth-order valence-electron chi connectivity index (χ4n) is 2.21. The van der Waals surface area contributed by atoms with Crippen LogP contribution in [0.3, 0.4) is 0 Å². The maximum absolute atomic E-state index is 11.9. The highest BCUT2D eigenvalue weighted by atomic mass is 16.5. The summed E-state index contributed by atoms with van der Waals surface area (Å²) in [6.07, 6.45) is 0.541. The zero-order chi connectivity index (χ0) is 17.8. The van der Waals surface area contributed by atoms with Gasteiger partial charge in [-0.15, -0.1) is 0 Å². The number of benzene rings is 1. The van der Waals surface area contributed by atoms with Crippen molar-refractivity contribution in [3.8, 4) is 5.75 Å².